The Kier molecular flexibility index (Phi) is 17.6. The van der Waals surface area contributed by atoms with Gasteiger partial charge < -0.3 is 52.5 Å². The van der Waals surface area contributed by atoms with Crippen molar-refractivity contribution < 1.29 is 62.1 Å². The summed E-state index contributed by atoms with van der Waals surface area (Å²) in [6, 6.07) is 55.7. The van der Waals surface area contributed by atoms with Crippen LogP contribution < -0.4 is 0 Å². The lowest BCUT2D eigenvalue weighted by Gasteiger charge is -2.49. The number of hydrogen-bond acceptors (Lipinski definition) is 13. The van der Waals surface area contributed by atoms with E-state index in [1.165, 1.54) is 7.11 Å². The number of aliphatic hydroxyl groups is 1. The zero-order chi connectivity index (χ0) is 46.9. The van der Waals surface area contributed by atoms with Crippen molar-refractivity contribution in [3.63, 3.8) is 0 Å². The highest BCUT2D eigenvalue weighted by molar-refractivity contribution is 5.90. The Bertz CT molecular complexity index is 2330. The van der Waals surface area contributed by atoms with Crippen LogP contribution in [0.4, 0.5) is 0 Å². The predicted octanol–water partition coefficient (Wildman–Crippen LogP) is 7.88. The fourth-order valence-electron chi connectivity index (χ4n) is 8.18. The second-order valence-corrected chi connectivity index (χ2v) is 16.4. The molecule has 2 aliphatic heterocycles. The second kappa shape index (κ2) is 24.8. The highest BCUT2D eigenvalue weighted by Gasteiger charge is 2.56. The Morgan fingerprint density at radius 1 is 0.441 bits per heavy atom. The van der Waals surface area contributed by atoms with Crippen molar-refractivity contribution in [1.29, 1.82) is 0 Å². The molecule has 0 saturated carbocycles. The maximum atomic E-state index is 14.0. The monoisotopic (exact) mass is 924 g/mol. The number of hydrogen-bond donors (Lipinski definition) is 1. The number of benzene rings is 6. The third-order valence-corrected chi connectivity index (χ3v) is 11.6. The first-order valence-electron chi connectivity index (χ1n) is 22.7. The molecule has 0 bridgehead atoms. The molecule has 354 valence electrons. The number of carbonyl (C=O) groups excluding carboxylic acids is 2. The summed E-state index contributed by atoms with van der Waals surface area (Å²) >= 11 is 0. The number of esters is 2. The first-order valence-corrected chi connectivity index (χ1v) is 22.7. The Hall–Kier alpha value is -6.10. The van der Waals surface area contributed by atoms with Gasteiger partial charge in [0, 0.05) is 7.11 Å². The van der Waals surface area contributed by atoms with Gasteiger partial charge >= 0.3 is 11.9 Å². The van der Waals surface area contributed by atoms with Crippen LogP contribution in [0.3, 0.4) is 0 Å². The highest BCUT2D eigenvalue weighted by atomic mass is 16.8. The topological polar surface area (TPSA) is 147 Å². The quantitative estimate of drug-likeness (QED) is 0.0699. The molecule has 0 spiro atoms. The number of aliphatic hydroxyl groups excluding tert-OH is 1. The van der Waals surface area contributed by atoms with Gasteiger partial charge in [-0.05, 0) is 46.5 Å². The van der Waals surface area contributed by atoms with Crippen LogP contribution in [0, 0.1) is 0 Å². The number of carbonyl (C=O) groups is 2. The molecule has 0 amide bonds. The molecule has 6 aromatic carbocycles. The molecule has 8 rings (SSSR count). The summed E-state index contributed by atoms with van der Waals surface area (Å²) < 4.78 is 65.7. The predicted molar refractivity (Wildman–Crippen MR) is 249 cm³/mol. The standard InChI is InChI=1S/C55H56O13/c1-59-54-51(67-53(58)43-30-18-7-19-31-43)49(47(44(32-56)64-54)66-52(57)42-28-16-6-17-29-42)68-55-50(63-36-41-26-14-5-15-27-41)48(62-35-40-24-12-4-13-25-40)46(61-34-39-22-10-3-11-23-39)45(65-55)37-60-33-38-20-8-2-9-21-38/h2-31,44-51,54-56H,32-37H2,1H3/t44-,45-,46-,47-,48+,49+,50+,51+,54+,55?/m1/s1. The molecule has 1 N–H and O–H groups in total. The van der Waals surface area contributed by atoms with E-state index in [0.717, 1.165) is 22.3 Å². The van der Waals surface area contributed by atoms with Crippen molar-refractivity contribution >= 4 is 11.9 Å². The van der Waals surface area contributed by atoms with Crippen molar-refractivity contribution in [2.45, 2.75) is 87.8 Å². The fraction of sp³-hybridized carbons (Fsp3) is 0.309. The maximum absolute atomic E-state index is 14.0. The Morgan fingerprint density at radius 2 is 0.838 bits per heavy atom. The van der Waals surface area contributed by atoms with Crippen molar-refractivity contribution in [1.82, 2.24) is 0 Å². The summed E-state index contributed by atoms with van der Waals surface area (Å²) in [6.07, 6.45) is -11.7. The van der Waals surface area contributed by atoms with Crippen molar-refractivity contribution in [3.8, 4) is 0 Å². The zero-order valence-corrected chi connectivity index (χ0v) is 37.7. The molecule has 0 aromatic heterocycles. The molecule has 2 aliphatic rings. The van der Waals surface area contributed by atoms with Crippen LogP contribution in [0.2, 0.25) is 0 Å². The number of ether oxygens (including phenoxy) is 10. The van der Waals surface area contributed by atoms with E-state index in [9.17, 15) is 14.7 Å². The van der Waals surface area contributed by atoms with Gasteiger partial charge in [-0.3, -0.25) is 0 Å². The average molecular weight is 925 g/mol. The molecule has 1 unspecified atom stereocenters. The van der Waals surface area contributed by atoms with E-state index in [1.54, 1.807) is 60.7 Å². The Balaban J connectivity index is 1.21. The number of methoxy groups -OCH3 is 1. The van der Waals surface area contributed by atoms with E-state index >= 15 is 0 Å². The van der Waals surface area contributed by atoms with E-state index < -0.39 is 80.0 Å². The maximum Gasteiger partial charge on any atom is 0.338 e. The van der Waals surface area contributed by atoms with Gasteiger partial charge in [0.15, 0.2) is 24.8 Å². The minimum Gasteiger partial charge on any atom is -0.453 e. The van der Waals surface area contributed by atoms with Gasteiger partial charge in [0.1, 0.15) is 36.6 Å². The molecule has 2 heterocycles. The van der Waals surface area contributed by atoms with Gasteiger partial charge in [0.2, 0.25) is 0 Å². The van der Waals surface area contributed by atoms with Gasteiger partial charge in [0.05, 0.1) is 50.8 Å². The summed E-state index contributed by atoms with van der Waals surface area (Å²) in [5, 5.41) is 10.9. The van der Waals surface area contributed by atoms with Crippen LogP contribution >= 0.6 is 0 Å². The molecule has 0 radical (unpaired) electrons. The molecule has 13 nitrogen and oxygen atoms in total. The smallest absolute Gasteiger partial charge is 0.338 e. The second-order valence-electron chi connectivity index (χ2n) is 16.4. The Labute approximate surface area is 396 Å². The fourth-order valence-corrected chi connectivity index (χ4v) is 8.18. The molecule has 2 fully saturated rings. The number of rotatable bonds is 21. The van der Waals surface area contributed by atoms with E-state index in [0.29, 0.717) is 0 Å². The van der Waals surface area contributed by atoms with Crippen molar-refractivity contribution in [2.24, 2.45) is 0 Å². The molecule has 6 aromatic rings. The average Bonchev–Trinajstić information content (AvgIpc) is 3.39. The highest BCUT2D eigenvalue weighted by Crippen LogP contribution is 2.37. The largest absolute Gasteiger partial charge is 0.453 e. The van der Waals surface area contributed by atoms with Crippen LogP contribution in [0.15, 0.2) is 182 Å². The minimum atomic E-state index is -1.40. The van der Waals surface area contributed by atoms with Crippen molar-refractivity contribution in [2.75, 3.05) is 20.3 Å². The Morgan fingerprint density at radius 3 is 1.29 bits per heavy atom. The van der Waals surface area contributed by atoms with Gasteiger partial charge in [-0.2, -0.15) is 0 Å². The summed E-state index contributed by atoms with van der Waals surface area (Å²) in [4.78, 5) is 27.9. The van der Waals surface area contributed by atoms with Gasteiger partial charge in [-0.15, -0.1) is 0 Å². The van der Waals surface area contributed by atoms with Crippen LogP contribution in [0.5, 0.6) is 0 Å². The minimum absolute atomic E-state index is 0.0252. The SMILES string of the molecule is CO[C@H]1O[C@H](CO)[C@@H](OC(=O)c2ccccc2)[C@H](OC2O[C@H](COCc3ccccc3)[C@@H](OCc3ccccc3)[C@H](OCc3ccccc3)[C@@H]2OCc2ccccc2)[C@@H]1OC(=O)c1ccccc1. The van der Waals surface area contributed by atoms with E-state index in [4.69, 9.17) is 47.4 Å². The van der Waals surface area contributed by atoms with Crippen LogP contribution in [0.25, 0.3) is 0 Å². The van der Waals surface area contributed by atoms with Crippen molar-refractivity contribution in [3.05, 3.63) is 215 Å². The van der Waals surface area contributed by atoms with Crippen LogP contribution in [-0.4, -0.2) is 98.8 Å². The first-order chi connectivity index (χ1) is 33.5. The van der Waals surface area contributed by atoms with E-state index in [-0.39, 0.29) is 44.2 Å². The summed E-state index contributed by atoms with van der Waals surface area (Å²) in [5.74, 6) is -1.46. The third-order valence-electron chi connectivity index (χ3n) is 11.6. The molecule has 2 saturated heterocycles. The third kappa shape index (κ3) is 12.9. The van der Waals surface area contributed by atoms with Gasteiger partial charge in [-0.1, -0.05) is 158 Å². The van der Waals surface area contributed by atoms with Gasteiger partial charge in [0.25, 0.3) is 0 Å². The summed E-state index contributed by atoms with van der Waals surface area (Å²) in [7, 11) is 1.38. The normalized spacial score (nSPS) is 24.7. The van der Waals surface area contributed by atoms with E-state index in [1.807, 2.05) is 121 Å². The molecular formula is C55H56O13. The summed E-state index contributed by atoms with van der Waals surface area (Å²) in [6.45, 7) is 0.138. The lowest BCUT2D eigenvalue weighted by atomic mass is 9.95. The van der Waals surface area contributed by atoms with Crippen LogP contribution in [0.1, 0.15) is 43.0 Å². The lowest BCUT2D eigenvalue weighted by Crippen LogP contribution is -2.67. The molecule has 10 atom stereocenters. The molecule has 68 heavy (non-hydrogen) atoms. The lowest BCUT2D eigenvalue weighted by molar-refractivity contribution is -0.368. The molecule has 0 aliphatic carbocycles. The van der Waals surface area contributed by atoms with E-state index in [2.05, 4.69) is 0 Å². The first kappa shape index (κ1) is 48.4. The summed E-state index contributed by atoms with van der Waals surface area (Å²) in [5.41, 5.74) is 4.11. The zero-order valence-electron chi connectivity index (χ0n) is 37.7. The van der Waals surface area contributed by atoms with Gasteiger partial charge in [-0.25, -0.2) is 9.59 Å². The molecule has 13 heteroatoms. The van der Waals surface area contributed by atoms with Crippen LogP contribution in [-0.2, 0) is 73.8 Å². The molecular weight excluding hydrogens is 869 g/mol.